The van der Waals surface area contributed by atoms with Crippen LogP contribution in [0.25, 0.3) is 0 Å². The Kier molecular flexibility index (Phi) is 7.22. The van der Waals surface area contributed by atoms with Gasteiger partial charge in [-0.25, -0.2) is 0 Å². The number of likely N-dealkylation sites (tertiary alicyclic amines) is 1. The third-order valence-corrected chi connectivity index (χ3v) is 6.91. The fourth-order valence-electron chi connectivity index (χ4n) is 4.86. The number of nitrogens with zero attached hydrogens (tertiary/aromatic N) is 3. The zero-order valence-corrected chi connectivity index (χ0v) is 20.0. The summed E-state index contributed by atoms with van der Waals surface area (Å²) in [4.78, 5) is 45.4. The Morgan fingerprint density at radius 1 is 1.15 bits per heavy atom. The Morgan fingerprint density at radius 2 is 1.88 bits per heavy atom. The van der Waals surface area contributed by atoms with Gasteiger partial charge in [-0.2, -0.15) is 0 Å². The van der Waals surface area contributed by atoms with Crippen molar-refractivity contribution in [1.82, 2.24) is 20.0 Å². The first-order valence-corrected chi connectivity index (χ1v) is 12.1. The van der Waals surface area contributed by atoms with E-state index in [0.29, 0.717) is 32.6 Å². The summed E-state index contributed by atoms with van der Waals surface area (Å²) < 4.78 is 5.36. The Morgan fingerprint density at radius 3 is 2.52 bits per heavy atom. The number of methoxy groups -OCH3 is 1. The molecule has 180 valence electrons. The quantitative estimate of drug-likeness (QED) is 0.672. The average Bonchev–Trinajstić information content (AvgIpc) is 3.60. The number of nitrogens with one attached hydrogen (secondary N) is 1. The molecule has 1 N–H and O–H groups in total. The second-order valence-electron chi connectivity index (χ2n) is 9.72. The Bertz CT molecular complexity index is 879. The van der Waals surface area contributed by atoms with Crippen LogP contribution in [0.4, 0.5) is 0 Å². The van der Waals surface area contributed by atoms with Gasteiger partial charge in [-0.05, 0) is 37.0 Å². The van der Waals surface area contributed by atoms with Crippen LogP contribution >= 0.6 is 0 Å². The summed E-state index contributed by atoms with van der Waals surface area (Å²) in [5.74, 6) is 0.738. The van der Waals surface area contributed by atoms with Gasteiger partial charge in [0, 0.05) is 51.1 Å². The zero-order chi connectivity index (χ0) is 23.5. The van der Waals surface area contributed by atoms with Crippen LogP contribution in [0.1, 0.15) is 38.7 Å². The van der Waals surface area contributed by atoms with Crippen LogP contribution in [-0.4, -0.2) is 84.3 Å². The van der Waals surface area contributed by atoms with E-state index in [1.807, 2.05) is 47.9 Å². The molecule has 3 fully saturated rings. The molecule has 2 heterocycles. The van der Waals surface area contributed by atoms with Gasteiger partial charge >= 0.3 is 0 Å². The van der Waals surface area contributed by atoms with E-state index in [-0.39, 0.29) is 35.6 Å². The lowest BCUT2D eigenvalue weighted by molar-refractivity contribution is -0.144. The highest BCUT2D eigenvalue weighted by molar-refractivity contribution is 5.90. The van der Waals surface area contributed by atoms with Crippen molar-refractivity contribution in [2.45, 2.75) is 51.7 Å². The molecule has 0 radical (unpaired) electrons. The van der Waals surface area contributed by atoms with E-state index in [9.17, 15) is 14.4 Å². The molecular weight excluding hydrogens is 420 g/mol. The molecule has 3 amide bonds. The minimum absolute atomic E-state index is 0.0197. The van der Waals surface area contributed by atoms with Crippen molar-refractivity contribution < 1.29 is 19.1 Å². The van der Waals surface area contributed by atoms with Gasteiger partial charge in [0.2, 0.25) is 17.7 Å². The molecule has 0 bridgehead atoms. The standard InChI is InChI=1S/C25H36N4O4/c1-17(2)23(30)28(15-18-5-4-6-21(13-18)33-3)20-14-22(25(32)27-11-9-26-10-12-27)29(16-20)24(31)19-7-8-19/h4-6,13,17,19-20,22,26H,7-12,14-16H2,1-3H3. The number of carbonyl (C=O) groups is 3. The van der Waals surface area contributed by atoms with Gasteiger partial charge in [-0.3, -0.25) is 14.4 Å². The number of hydrogen-bond donors (Lipinski definition) is 1. The molecule has 3 aliphatic rings. The van der Waals surface area contributed by atoms with Gasteiger partial charge in [0.25, 0.3) is 0 Å². The molecule has 0 aromatic heterocycles. The van der Waals surface area contributed by atoms with Gasteiger partial charge in [-0.15, -0.1) is 0 Å². The Hall–Kier alpha value is -2.61. The molecule has 2 unspecified atom stereocenters. The van der Waals surface area contributed by atoms with Crippen LogP contribution in [0.2, 0.25) is 0 Å². The van der Waals surface area contributed by atoms with Crippen molar-refractivity contribution in [2.75, 3.05) is 39.8 Å². The lowest BCUT2D eigenvalue weighted by Gasteiger charge is -2.32. The number of rotatable bonds is 7. The van der Waals surface area contributed by atoms with Crippen molar-refractivity contribution in [3.63, 3.8) is 0 Å². The second kappa shape index (κ2) is 10.1. The zero-order valence-electron chi connectivity index (χ0n) is 20.0. The van der Waals surface area contributed by atoms with E-state index < -0.39 is 6.04 Å². The van der Waals surface area contributed by atoms with E-state index >= 15 is 0 Å². The van der Waals surface area contributed by atoms with Gasteiger partial charge in [0.05, 0.1) is 13.2 Å². The van der Waals surface area contributed by atoms with E-state index in [1.165, 1.54) is 0 Å². The van der Waals surface area contributed by atoms with E-state index in [2.05, 4.69) is 5.32 Å². The Balaban J connectivity index is 1.58. The topological polar surface area (TPSA) is 82.2 Å². The summed E-state index contributed by atoms with van der Waals surface area (Å²) >= 11 is 0. The molecule has 0 spiro atoms. The first-order valence-electron chi connectivity index (χ1n) is 12.1. The van der Waals surface area contributed by atoms with E-state index in [0.717, 1.165) is 37.2 Å². The summed E-state index contributed by atoms with van der Waals surface area (Å²) in [7, 11) is 1.63. The van der Waals surface area contributed by atoms with Gasteiger partial charge in [0.1, 0.15) is 11.8 Å². The molecule has 1 aromatic carbocycles. The molecule has 8 nitrogen and oxygen atoms in total. The van der Waals surface area contributed by atoms with Crippen LogP contribution in [0.15, 0.2) is 24.3 Å². The summed E-state index contributed by atoms with van der Waals surface area (Å²) in [5.41, 5.74) is 0.973. The van der Waals surface area contributed by atoms with Crippen LogP contribution in [0, 0.1) is 11.8 Å². The van der Waals surface area contributed by atoms with Gasteiger partial charge in [0.15, 0.2) is 0 Å². The van der Waals surface area contributed by atoms with Crippen molar-refractivity contribution in [3.05, 3.63) is 29.8 Å². The molecule has 1 saturated carbocycles. The van der Waals surface area contributed by atoms with Crippen LogP contribution < -0.4 is 10.1 Å². The predicted octanol–water partition coefficient (Wildman–Crippen LogP) is 1.49. The van der Waals surface area contributed by atoms with Crippen LogP contribution in [0.3, 0.4) is 0 Å². The molecular formula is C25H36N4O4. The maximum absolute atomic E-state index is 13.5. The number of benzene rings is 1. The summed E-state index contributed by atoms with van der Waals surface area (Å²) in [5, 5.41) is 3.28. The Labute approximate surface area is 196 Å². The lowest BCUT2D eigenvalue weighted by Crippen LogP contribution is -2.53. The number of amides is 3. The average molecular weight is 457 g/mol. The van der Waals surface area contributed by atoms with Crippen molar-refractivity contribution in [2.24, 2.45) is 11.8 Å². The number of piperazine rings is 1. The molecule has 8 heteroatoms. The summed E-state index contributed by atoms with van der Waals surface area (Å²) in [6.07, 6.45) is 2.28. The molecule has 33 heavy (non-hydrogen) atoms. The highest BCUT2D eigenvalue weighted by atomic mass is 16.5. The van der Waals surface area contributed by atoms with E-state index in [1.54, 1.807) is 12.0 Å². The smallest absolute Gasteiger partial charge is 0.245 e. The first kappa shape index (κ1) is 23.5. The summed E-state index contributed by atoms with van der Waals surface area (Å²) in [6.45, 7) is 7.49. The fraction of sp³-hybridized carbons (Fsp3) is 0.640. The largest absolute Gasteiger partial charge is 0.497 e. The molecule has 2 saturated heterocycles. The normalized spacial score (nSPS) is 23.0. The van der Waals surface area contributed by atoms with Gasteiger partial charge in [-0.1, -0.05) is 26.0 Å². The first-order chi connectivity index (χ1) is 15.9. The highest BCUT2D eigenvalue weighted by Crippen LogP contribution is 2.35. The van der Waals surface area contributed by atoms with Crippen molar-refractivity contribution in [3.8, 4) is 5.75 Å². The minimum atomic E-state index is -0.492. The molecule has 1 aromatic rings. The monoisotopic (exact) mass is 456 g/mol. The van der Waals surface area contributed by atoms with Crippen molar-refractivity contribution >= 4 is 17.7 Å². The summed E-state index contributed by atoms with van der Waals surface area (Å²) in [6, 6.07) is 7.03. The van der Waals surface area contributed by atoms with Crippen LogP contribution in [-0.2, 0) is 20.9 Å². The SMILES string of the molecule is COc1cccc(CN(C(=O)C(C)C)C2CC(C(=O)N3CCNCC3)N(C(=O)C3CC3)C2)c1. The number of ether oxygens (including phenoxy) is 1. The van der Waals surface area contributed by atoms with Crippen molar-refractivity contribution in [1.29, 1.82) is 0 Å². The predicted molar refractivity (Wildman–Crippen MR) is 124 cm³/mol. The number of carbonyl (C=O) groups excluding carboxylic acids is 3. The highest BCUT2D eigenvalue weighted by Gasteiger charge is 2.47. The van der Waals surface area contributed by atoms with E-state index in [4.69, 9.17) is 4.74 Å². The molecule has 2 atom stereocenters. The van der Waals surface area contributed by atoms with Crippen LogP contribution in [0.5, 0.6) is 5.75 Å². The maximum atomic E-state index is 13.5. The van der Waals surface area contributed by atoms with Gasteiger partial charge < -0.3 is 24.8 Å². The molecule has 4 rings (SSSR count). The second-order valence-corrected chi connectivity index (χ2v) is 9.72. The number of hydrogen-bond acceptors (Lipinski definition) is 5. The minimum Gasteiger partial charge on any atom is -0.497 e. The lowest BCUT2D eigenvalue weighted by atomic mass is 10.0. The third-order valence-electron chi connectivity index (χ3n) is 6.91. The third kappa shape index (κ3) is 5.32. The molecule has 2 aliphatic heterocycles. The molecule has 1 aliphatic carbocycles. The fourth-order valence-corrected chi connectivity index (χ4v) is 4.86. The maximum Gasteiger partial charge on any atom is 0.245 e.